The van der Waals surface area contributed by atoms with Crippen molar-refractivity contribution < 1.29 is 18.4 Å². The molecule has 6 heteroatoms. The Morgan fingerprint density at radius 1 is 1.24 bits per heavy atom. The first-order chi connectivity index (χ1) is 10.1. The summed E-state index contributed by atoms with van der Waals surface area (Å²) in [5.74, 6) is -0.250. The molecule has 21 heavy (non-hydrogen) atoms. The van der Waals surface area contributed by atoms with Gasteiger partial charge in [0, 0.05) is 5.56 Å². The van der Waals surface area contributed by atoms with Gasteiger partial charge in [0.2, 0.25) is 11.2 Å². The van der Waals surface area contributed by atoms with E-state index in [0.717, 1.165) is 6.26 Å². The van der Waals surface area contributed by atoms with Crippen molar-refractivity contribution in [2.45, 2.75) is 6.92 Å². The SMILES string of the molecule is Cc1c(OC(=O)c2ccco2)ccc2c(=O)c(Cl)coc12. The van der Waals surface area contributed by atoms with Crippen LogP contribution in [-0.4, -0.2) is 5.97 Å². The van der Waals surface area contributed by atoms with Crippen LogP contribution >= 0.6 is 11.6 Å². The molecule has 0 aliphatic carbocycles. The smallest absolute Gasteiger partial charge is 0.379 e. The summed E-state index contributed by atoms with van der Waals surface area (Å²) < 4.78 is 15.5. The lowest BCUT2D eigenvalue weighted by molar-refractivity contribution is 0.0700. The zero-order valence-corrected chi connectivity index (χ0v) is 11.6. The van der Waals surface area contributed by atoms with Gasteiger partial charge in [0.15, 0.2) is 0 Å². The number of furan rings is 1. The fourth-order valence-corrected chi connectivity index (χ4v) is 2.10. The number of carbonyl (C=O) groups excluding carboxylic acids is 1. The molecule has 0 bridgehead atoms. The Bertz CT molecular complexity index is 877. The van der Waals surface area contributed by atoms with Gasteiger partial charge in [-0.3, -0.25) is 4.79 Å². The predicted molar refractivity (Wildman–Crippen MR) is 75.9 cm³/mol. The summed E-state index contributed by atoms with van der Waals surface area (Å²) in [5.41, 5.74) is 0.528. The molecule has 3 aromatic rings. The molecule has 3 rings (SSSR count). The first kappa shape index (κ1) is 13.5. The largest absolute Gasteiger partial charge is 0.462 e. The molecule has 106 valence electrons. The van der Waals surface area contributed by atoms with Crippen LogP contribution in [0.5, 0.6) is 5.75 Å². The van der Waals surface area contributed by atoms with E-state index < -0.39 is 5.97 Å². The van der Waals surface area contributed by atoms with E-state index in [1.165, 1.54) is 24.5 Å². The number of halogens is 1. The van der Waals surface area contributed by atoms with Crippen molar-refractivity contribution in [3.05, 3.63) is 63.4 Å². The maximum Gasteiger partial charge on any atom is 0.379 e. The summed E-state index contributed by atoms with van der Waals surface area (Å²) in [6.45, 7) is 1.68. The Morgan fingerprint density at radius 3 is 2.76 bits per heavy atom. The zero-order valence-electron chi connectivity index (χ0n) is 10.9. The van der Waals surface area contributed by atoms with Gasteiger partial charge >= 0.3 is 5.97 Å². The Morgan fingerprint density at radius 2 is 2.05 bits per heavy atom. The molecule has 0 atom stereocenters. The Hall–Kier alpha value is -2.53. The van der Waals surface area contributed by atoms with Gasteiger partial charge in [0.1, 0.15) is 22.6 Å². The van der Waals surface area contributed by atoms with Gasteiger partial charge in [-0.1, -0.05) is 11.6 Å². The number of esters is 1. The van der Waals surface area contributed by atoms with Crippen molar-refractivity contribution in [1.82, 2.24) is 0 Å². The molecule has 0 unspecified atom stereocenters. The first-order valence-electron chi connectivity index (χ1n) is 6.04. The normalized spacial score (nSPS) is 10.8. The topological polar surface area (TPSA) is 69.7 Å². The number of benzene rings is 1. The number of ether oxygens (including phenoxy) is 1. The second-order valence-corrected chi connectivity index (χ2v) is 4.75. The van der Waals surface area contributed by atoms with E-state index in [9.17, 15) is 9.59 Å². The van der Waals surface area contributed by atoms with Gasteiger partial charge in [0.05, 0.1) is 11.6 Å². The van der Waals surface area contributed by atoms with Crippen LogP contribution in [-0.2, 0) is 0 Å². The second-order valence-electron chi connectivity index (χ2n) is 4.34. The van der Waals surface area contributed by atoms with Crippen LogP contribution in [0.2, 0.25) is 5.02 Å². The highest BCUT2D eigenvalue weighted by Gasteiger charge is 2.16. The van der Waals surface area contributed by atoms with E-state index in [4.69, 9.17) is 25.2 Å². The highest BCUT2D eigenvalue weighted by atomic mass is 35.5. The molecule has 1 aromatic carbocycles. The molecule has 0 saturated carbocycles. The van der Waals surface area contributed by atoms with Crippen molar-refractivity contribution in [2.24, 2.45) is 0 Å². The van der Waals surface area contributed by atoms with Crippen LogP contribution in [0.4, 0.5) is 0 Å². The van der Waals surface area contributed by atoms with Gasteiger partial charge in [-0.25, -0.2) is 4.79 Å². The van der Waals surface area contributed by atoms with Crippen LogP contribution in [0.15, 0.2) is 50.4 Å². The van der Waals surface area contributed by atoms with E-state index in [1.54, 1.807) is 13.0 Å². The molecule has 0 amide bonds. The number of rotatable bonds is 2. The molecular formula is C15H9ClO5. The summed E-state index contributed by atoms with van der Waals surface area (Å²) >= 11 is 5.73. The molecule has 5 nitrogen and oxygen atoms in total. The number of hydrogen-bond donors (Lipinski definition) is 0. The molecule has 0 spiro atoms. The fourth-order valence-electron chi connectivity index (χ4n) is 1.95. The number of fused-ring (bicyclic) bond motifs is 1. The van der Waals surface area contributed by atoms with Gasteiger partial charge in [0.25, 0.3) is 0 Å². The number of aryl methyl sites for hydroxylation is 1. The van der Waals surface area contributed by atoms with Gasteiger partial charge in [-0.05, 0) is 31.2 Å². The molecular weight excluding hydrogens is 296 g/mol. The summed E-state index contributed by atoms with van der Waals surface area (Å²) in [6, 6.07) is 6.11. The lowest BCUT2D eigenvalue weighted by atomic mass is 10.1. The second kappa shape index (κ2) is 5.10. The molecule has 0 aliphatic rings. The highest BCUT2D eigenvalue weighted by Crippen LogP contribution is 2.27. The van der Waals surface area contributed by atoms with Gasteiger partial charge < -0.3 is 13.6 Å². The standard InChI is InChI=1S/C15H9ClO5/c1-8-11(21-15(18)12-3-2-6-19-12)5-4-9-13(17)10(16)7-20-14(8)9/h2-7H,1H3. The summed E-state index contributed by atoms with van der Waals surface area (Å²) in [6.07, 6.45) is 2.54. The molecule has 0 radical (unpaired) electrons. The average molecular weight is 305 g/mol. The minimum atomic E-state index is -0.626. The van der Waals surface area contributed by atoms with E-state index in [2.05, 4.69) is 0 Å². The maximum absolute atomic E-state index is 11.9. The van der Waals surface area contributed by atoms with Gasteiger partial charge in [-0.2, -0.15) is 0 Å². The number of carbonyl (C=O) groups is 1. The average Bonchev–Trinajstić information content (AvgIpc) is 3.00. The van der Waals surface area contributed by atoms with Crippen LogP contribution in [0, 0.1) is 6.92 Å². The van der Waals surface area contributed by atoms with Crippen molar-refractivity contribution in [1.29, 1.82) is 0 Å². The van der Waals surface area contributed by atoms with E-state index in [-0.39, 0.29) is 22.0 Å². The summed E-state index contributed by atoms with van der Waals surface area (Å²) in [5, 5.41) is 0.333. The molecule has 0 aliphatic heterocycles. The van der Waals surface area contributed by atoms with Crippen LogP contribution < -0.4 is 10.2 Å². The third-order valence-corrected chi connectivity index (χ3v) is 3.28. The summed E-state index contributed by atoms with van der Waals surface area (Å²) in [4.78, 5) is 23.7. The maximum atomic E-state index is 11.9. The van der Waals surface area contributed by atoms with E-state index in [1.807, 2.05) is 0 Å². The Balaban J connectivity index is 2.05. The van der Waals surface area contributed by atoms with Crippen LogP contribution in [0.1, 0.15) is 16.1 Å². The number of hydrogen-bond acceptors (Lipinski definition) is 5. The zero-order chi connectivity index (χ0) is 15.0. The van der Waals surface area contributed by atoms with Gasteiger partial charge in [-0.15, -0.1) is 0 Å². The molecule has 2 heterocycles. The Kier molecular flexibility index (Phi) is 3.27. The quantitative estimate of drug-likeness (QED) is 0.535. The lowest BCUT2D eigenvalue weighted by Crippen LogP contribution is -2.09. The molecule has 0 fully saturated rings. The third-order valence-electron chi connectivity index (χ3n) is 3.02. The molecule has 0 N–H and O–H groups in total. The minimum Gasteiger partial charge on any atom is -0.462 e. The third kappa shape index (κ3) is 2.32. The lowest BCUT2D eigenvalue weighted by Gasteiger charge is -2.08. The fraction of sp³-hybridized carbons (Fsp3) is 0.0667. The summed E-state index contributed by atoms with van der Waals surface area (Å²) in [7, 11) is 0. The monoisotopic (exact) mass is 304 g/mol. The van der Waals surface area contributed by atoms with E-state index >= 15 is 0 Å². The van der Waals surface area contributed by atoms with Crippen molar-refractivity contribution >= 4 is 28.5 Å². The molecule has 0 saturated heterocycles. The predicted octanol–water partition coefficient (Wildman–Crippen LogP) is 3.57. The highest BCUT2D eigenvalue weighted by molar-refractivity contribution is 6.30. The van der Waals surface area contributed by atoms with Crippen molar-refractivity contribution in [3.63, 3.8) is 0 Å². The van der Waals surface area contributed by atoms with Crippen LogP contribution in [0.25, 0.3) is 11.0 Å². The van der Waals surface area contributed by atoms with Crippen molar-refractivity contribution in [2.75, 3.05) is 0 Å². The Labute approximate surface area is 123 Å². The first-order valence-corrected chi connectivity index (χ1v) is 6.42. The van der Waals surface area contributed by atoms with Crippen LogP contribution in [0.3, 0.4) is 0 Å². The van der Waals surface area contributed by atoms with Crippen molar-refractivity contribution in [3.8, 4) is 5.75 Å². The molecule has 2 aromatic heterocycles. The van der Waals surface area contributed by atoms with E-state index in [0.29, 0.717) is 16.5 Å². The minimum absolute atomic E-state index is 0.00207.